The normalized spacial score (nSPS) is 10.4. The van der Waals surface area contributed by atoms with Crippen LogP contribution in [0.25, 0.3) is 0 Å². The molecule has 0 amide bonds. The second-order valence-electron chi connectivity index (χ2n) is 4.09. The number of rotatable bonds is 4. The van der Waals surface area contributed by atoms with Gasteiger partial charge in [-0.1, -0.05) is 6.92 Å². The third-order valence-electron chi connectivity index (χ3n) is 2.54. The Morgan fingerprint density at radius 2 is 1.83 bits per heavy atom. The van der Waals surface area contributed by atoms with Crippen molar-refractivity contribution in [1.82, 2.24) is 19.9 Å². The molecule has 0 aromatic carbocycles. The third-order valence-corrected chi connectivity index (χ3v) is 2.54. The molecule has 0 fully saturated rings. The van der Waals surface area contributed by atoms with Crippen molar-refractivity contribution in [2.75, 3.05) is 5.32 Å². The average molecular weight is 243 g/mol. The van der Waals surface area contributed by atoms with Crippen molar-refractivity contribution < 1.29 is 0 Å². The molecule has 0 aliphatic heterocycles. The molecule has 0 bridgehead atoms. The van der Waals surface area contributed by atoms with Gasteiger partial charge in [0.1, 0.15) is 17.5 Å². The molecule has 2 heterocycles. The Bertz CT molecular complexity index is 539. The molecule has 0 saturated heterocycles. The topological polar surface area (TPSA) is 63.6 Å². The molecule has 5 nitrogen and oxygen atoms in total. The third kappa shape index (κ3) is 3.23. The number of hydrogen-bond donors (Lipinski definition) is 1. The monoisotopic (exact) mass is 243 g/mol. The number of hydrogen-bond acceptors (Lipinski definition) is 5. The molecule has 94 valence electrons. The van der Waals surface area contributed by atoms with Crippen LogP contribution in [-0.4, -0.2) is 19.9 Å². The fourth-order valence-corrected chi connectivity index (χ4v) is 1.69. The lowest BCUT2D eigenvalue weighted by Crippen LogP contribution is -2.06. The Kier molecular flexibility index (Phi) is 3.82. The zero-order valence-corrected chi connectivity index (χ0v) is 10.9. The summed E-state index contributed by atoms with van der Waals surface area (Å²) in [6.45, 7) is 6.51. The molecule has 0 radical (unpaired) electrons. The summed E-state index contributed by atoms with van der Waals surface area (Å²) in [4.78, 5) is 17.1. The van der Waals surface area contributed by atoms with E-state index in [1.807, 2.05) is 26.0 Å². The lowest BCUT2D eigenvalue weighted by molar-refractivity contribution is 0.921. The first kappa shape index (κ1) is 12.4. The van der Waals surface area contributed by atoms with Gasteiger partial charge in [0.15, 0.2) is 0 Å². The second kappa shape index (κ2) is 5.53. The zero-order chi connectivity index (χ0) is 13.0. The fraction of sp³-hybridized carbons (Fsp3) is 0.385. The lowest BCUT2D eigenvalue weighted by atomic mass is 10.3. The van der Waals surface area contributed by atoms with Gasteiger partial charge in [-0.25, -0.2) is 19.9 Å². The van der Waals surface area contributed by atoms with Gasteiger partial charge in [0.25, 0.3) is 0 Å². The van der Waals surface area contributed by atoms with Crippen molar-refractivity contribution in [2.24, 2.45) is 0 Å². The van der Waals surface area contributed by atoms with E-state index >= 15 is 0 Å². The van der Waals surface area contributed by atoms with Crippen LogP contribution < -0.4 is 5.32 Å². The van der Waals surface area contributed by atoms with Crippen molar-refractivity contribution in [3.63, 3.8) is 0 Å². The maximum absolute atomic E-state index is 4.35. The van der Waals surface area contributed by atoms with Crippen molar-refractivity contribution in [3.8, 4) is 0 Å². The summed E-state index contributed by atoms with van der Waals surface area (Å²) >= 11 is 0. The largest absolute Gasteiger partial charge is 0.364 e. The highest BCUT2D eigenvalue weighted by Crippen LogP contribution is 2.08. The SMILES string of the molecule is CCc1cc(NCc2ccnc(C)n2)nc(C)n1. The van der Waals surface area contributed by atoms with E-state index in [9.17, 15) is 0 Å². The van der Waals surface area contributed by atoms with Crippen molar-refractivity contribution in [2.45, 2.75) is 33.7 Å². The predicted octanol–water partition coefficient (Wildman–Crippen LogP) is 2.06. The van der Waals surface area contributed by atoms with Gasteiger partial charge in [-0.2, -0.15) is 0 Å². The molecule has 5 heteroatoms. The molecule has 2 rings (SSSR count). The smallest absolute Gasteiger partial charge is 0.130 e. The first-order valence-electron chi connectivity index (χ1n) is 6.04. The van der Waals surface area contributed by atoms with Crippen LogP contribution in [0.1, 0.15) is 30.0 Å². The lowest BCUT2D eigenvalue weighted by Gasteiger charge is -2.07. The van der Waals surface area contributed by atoms with Crippen LogP contribution in [0.2, 0.25) is 0 Å². The summed E-state index contributed by atoms with van der Waals surface area (Å²) in [5, 5.41) is 3.26. The van der Waals surface area contributed by atoms with Crippen LogP contribution in [0, 0.1) is 13.8 Å². The van der Waals surface area contributed by atoms with Gasteiger partial charge in [0.05, 0.1) is 12.2 Å². The fourth-order valence-electron chi connectivity index (χ4n) is 1.69. The maximum Gasteiger partial charge on any atom is 0.130 e. The predicted molar refractivity (Wildman–Crippen MR) is 70.2 cm³/mol. The van der Waals surface area contributed by atoms with Gasteiger partial charge >= 0.3 is 0 Å². The number of anilines is 1. The first-order chi connectivity index (χ1) is 8.67. The molecule has 2 aromatic rings. The summed E-state index contributed by atoms with van der Waals surface area (Å²) in [7, 11) is 0. The Morgan fingerprint density at radius 3 is 2.56 bits per heavy atom. The van der Waals surface area contributed by atoms with E-state index in [2.05, 4.69) is 32.2 Å². The summed E-state index contributed by atoms with van der Waals surface area (Å²) in [6.07, 6.45) is 2.67. The Labute approximate surface area is 107 Å². The standard InChI is InChI=1S/C13H17N5/c1-4-11-7-13(18-10(3)17-11)15-8-12-5-6-14-9(2)16-12/h5-7H,4,8H2,1-3H3,(H,15,17,18). The minimum Gasteiger partial charge on any atom is -0.364 e. The van der Waals surface area contributed by atoms with Crippen LogP contribution in [0.4, 0.5) is 5.82 Å². The zero-order valence-electron chi connectivity index (χ0n) is 10.9. The molecule has 1 N–H and O–H groups in total. The number of aryl methyl sites for hydroxylation is 3. The van der Waals surface area contributed by atoms with Gasteiger partial charge in [0, 0.05) is 18.0 Å². The highest BCUT2D eigenvalue weighted by Gasteiger charge is 2.01. The van der Waals surface area contributed by atoms with Crippen molar-refractivity contribution in [1.29, 1.82) is 0 Å². The molecular weight excluding hydrogens is 226 g/mol. The number of nitrogens with zero attached hydrogens (tertiary/aromatic N) is 4. The quantitative estimate of drug-likeness (QED) is 0.890. The minimum absolute atomic E-state index is 0.642. The van der Waals surface area contributed by atoms with E-state index in [4.69, 9.17) is 0 Å². The Morgan fingerprint density at radius 1 is 1.06 bits per heavy atom. The maximum atomic E-state index is 4.35. The van der Waals surface area contributed by atoms with Gasteiger partial charge in [-0.05, 0) is 26.3 Å². The van der Waals surface area contributed by atoms with Crippen molar-refractivity contribution >= 4 is 5.82 Å². The first-order valence-corrected chi connectivity index (χ1v) is 6.04. The molecule has 2 aromatic heterocycles. The van der Waals surface area contributed by atoms with E-state index in [0.717, 1.165) is 35.3 Å². The second-order valence-corrected chi connectivity index (χ2v) is 4.09. The van der Waals surface area contributed by atoms with Gasteiger partial charge < -0.3 is 5.32 Å². The van der Waals surface area contributed by atoms with Gasteiger partial charge in [-0.15, -0.1) is 0 Å². The molecule has 0 saturated carbocycles. The van der Waals surface area contributed by atoms with Crippen LogP contribution in [0.15, 0.2) is 18.3 Å². The van der Waals surface area contributed by atoms with E-state index in [1.165, 1.54) is 0 Å². The molecule has 0 aliphatic rings. The molecule has 0 atom stereocenters. The van der Waals surface area contributed by atoms with Crippen LogP contribution in [0.3, 0.4) is 0 Å². The molecular formula is C13H17N5. The van der Waals surface area contributed by atoms with E-state index in [-0.39, 0.29) is 0 Å². The van der Waals surface area contributed by atoms with E-state index < -0.39 is 0 Å². The Hall–Kier alpha value is -2.04. The van der Waals surface area contributed by atoms with E-state index in [0.29, 0.717) is 6.54 Å². The van der Waals surface area contributed by atoms with Gasteiger partial charge in [-0.3, -0.25) is 0 Å². The van der Waals surface area contributed by atoms with Crippen LogP contribution in [-0.2, 0) is 13.0 Å². The highest BCUT2D eigenvalue weighted by atomic mass is 15.0. The Balaban J connectivity index is 2.08. The minimum atomic E-state index is 0.642. The summed E-state index contributed by atoms with van der Waals surface area (Å²) in [5.74, 6) is 2.41. The number of aromatic nitrogens is 4. The average Bonchev–Trinajstić information content (AvgIpc) is 2.36. The number of nitrogens with one attached hydrogen (secondary N) is 1. The highest BCUT2D eigenvalue weighted by molar-refractivity contribution is 5.36. The van der Waals surface area contributed by atoms with Gasteiger partial charge in [0.2, 0.25) is 0 Å². The molecule has 0 unspecified atom stereocenters. The molecule has 18 heavy (non-hydrogen) atoms. The van der Waals surface area contributed by atoms with Crippen LogP contribution >= 0.6 is 0 Å². The van der Waals surface area contributed by atoms with Crippen LogP contribution in [0.5, 0.6) is 0 Å². The molecule has 0 aliphatic carbocycles. The molecule has 0 spiro atoms. The summed E-state index contributed by atoms with van der Waals surface area (Å²) < 4.78 is 0. The summed E-state index contributed by atoms with van der Waals surface area (Å²) in [6, 6.07) is 3.87. The van der Waals surface area contributed by atoms with Crippen molar-refractivity contribution in [3.05, 3.63) is 41.4 Å². The summed E-state index contributed by atoms with van der Waals surface area (Å²) in [5.41, 5.74) is 2.00. The van der Waals surface area contributed by atoms with E-state index in [1.54, 1.807) is 6.20 Å².